The molecule has 0 amide bonds. The Morgan fingerprint density at radius 1 is 1.10 bits per heavy atom. The van der Waals surface area contributed by atoms with Crippen molar-refractivity contribution in [2.45, 2.75) is 42.8 Å². The molecule has 0 unspecified atom stereocenters. The summed E-state index contributed by atoms with van der Waals surface area (Å²) in [5.74, 6) is -1.21. The Balaban J connectivity index is 1.07. The summed E-state index contributed by atoms with van der Waals surface area (Å²) in [5, 5.41) is 12.1. The molecule has 3 N–H and O–H groups in total. The van der Waals surface area contributed by atoms with Crippen LogP contribution in [0.3, 0.4) is 0 Å². The van der Waals surface area contributed by atoms with Gasteiger partial charge in [0.1, 0.15) is 24.0 Å². The maximum Gasteiger partial charge on any atom is 0.493 e. The van der Waals surface area contributed by atoms with Crippen LogP contribution in [0.4, 0.5) is 19.1 Å². The van der Waals surface area contributed by atoms with Crippen LogP contribution in [0.2, 0.25) is 0 Å². The molecular formula is C24H22F3N11O2S. The summed E-state index contributed by atoms with van der Waals surface area (Å²) in [7, 11) is 0. The fourth-order valence-corrected chi connectivity index (χ4v) is 5.87. The number of carbonyl (C=O) groups is 1. The molecule has 1 aliphatic rings. The summed E-state index contributed by atoms with van der Waals surface area (Å²) < 4.78 is 39.3. The van der Waals surface area contributed by atoms with Gasteiger partial charge in [0.2, 0.25) is 0 Å². The quantitative estimate of drug-likeness (QED) is 0.175. The molecule has 6 rings (SSSR count). The average Bonchev–Trinajstić information content (AvgIpc) is 3.77. The van der Waals surface area contributed by atoms with Gasteiger partial charge in [0.15, 0.2) is 5.82 Å². The van der Waals surface area contributed by atoms with Crippen molar-refractivity contribution in [3.8, 4) is 22.8 Å². The molecule has 0 atom stereocenters. The van der Waals surface area contributed by atoms with E-state index in [1.807, 2.05) is 34.8 Å². The third kappa shape index (κ3) is 5.84. The largest absolute Gasteiger partial charge is 0.493 e. The van der Waals surface area contributed by atoms with Gasteiger partial charge in [0.05, 0.1) is 22.8 Å². The SMILES string of the molecule is O=C(ONc1ncc(SCC2CCC(n3cc(-c4ncnc5[nH]ccc45)cn3)CC2)c(-c2ncn[nH]2)n1)C(F)(F)F. The second kappa shape index (κ2) is 11.1. The topological polar surface area (TPSA) is 165 Å². The van der Waals surface area contributed by atoms with Gasteiger partial charge in [-0.15, -0.1) is 11.8 Å². The molecule has 17 heteroatoms. The fraction of sp³-hybridized carbons (Fsp3) is 0.333. The zero-order chi connectivity index (χ0) is 28.4. The highest BCUT2D eigenvalue weighted by Crippen LogP contribution is 2.37. The molecule has 212 valence electrons. The Morgan fingerprint density at radius 2 is 1.95 bits per heavy atom. The molecule has 5 aromatic rings. The Morgan fingerprint density at radius 3 is 2.73 bits per heavy atom. The third-order valence-electron chi connectivity index (χ3n) is 6.75. The molecule has 1 saturated carbocycles. The number of fused-ring (bicyclic) bond motifs is 1. The van der Waals surface area contributed by atoms with Gasteiger partial charge < -0.3 is 9.82 Å². The lowest BCUT2D eigenvalue weighted by Crippen LogP contribution is -2.28. The van der Waals surface area contributed by atoms with Crippen LogP contribution in [0.1, 0.15) is 31.7 Å². The number of hydrogen-bond acceptors (Lipinski definition) is 11. The zero-order valence-electron chi connectivity index (χ0n) is 21.2. The molecule has 0 saturated heterocycles. The number of alkyl halides is 3. The van der Waals surface area contributed by atoms with Crippen LogP contribution in [0, 0.1) is 5.92 Å². The van der Waals surface area contributed by atoms with E-state index in [1.165, 1.54) is 24.3 Å². The summed E-state index contributed by atoms with van der Waals surface area (Å²) in [6.45, 7) is 0. The molecule has 13 nitrogen and oxygen atoms in total. The van der Waals surface area contributed by atoms with Crippen molar-refractivity contribution < 1.29 is 22.8 Å². The van der Waals surface area contributed by atoms with E-state index < -0.39 is 12.1 Å². The summed E-state index contributed by atoms with van der Waals surface area (Å²) >= 11 is 1.52. The Labute approximate surface area is 233 Å². The summed E-state index contributed by atoms with van der Waals surface area (Å²) in [4.78, 5) is 39.8. The second-order valence-electron chi connectivity index (χ2n) is 9.39. The lowest BCUT2D eigenvalue weighted by atomic mass is 9.87. The van der Waals surface area contributed by atoms with Gasteiger partial charge in [-0.1, -0.05) is 0 Å². The minimum Gasteiger partial charge on any atom is -0.346 e. The molecule has 1 aliphatic carbocycles. The highest BCUT2D eigenvalue weighted by atomic mass is 32.2. The first-order valence-electron chi connectivity index (χ1n) is 12.6. The molecule has 1 fully saturated rings. The maximum absolute atomic E-state index is 12.4. The molecule has 0 bridgehead atoms. The first-order chi connectivity index (χ1) is 19.8. The number of thioether (sulfide) groups is 1. The van der Waals surface area contributed by atoms with E-state index in [1.54, 1.807) is 6.33 Å². The Bertz CT molecular complexity index is 1650. The maximum atomic E-state index is 12.4. The van der Waals surface area contributed by atoms with Crippen LogP contribution >= 0.6 is 11.8 Å². The van der Waals surface area contributed by atoms with E-state index in [0.717, 1.165) is 53.7 Å². The number of aromatic nitrogens is 10. The number of rotatable bonds is 8. The number of carbonyl (C=O) groups excluding carboxylic acids is 1. The van der Waals surface area contributed by atoms with E-state index in [4.69, 9.17) is 0 Å². The molecule has 0 radical (unpaired) electrons. The summed E-state index contributed by atoms with van der Waals surface area (Å²) in [6.07, 6.45) is 8.77. The van der Waals surface area contributed by atoms with E-state index >= 15 is 0 Å². The normalized spacial score (nSPS) is 17.5. The van der Waals surface area contributed by atoms with Crippen molar-refractivity contribution in [1.29, 1.82) is 0 Å². The first kappa shape index (κ1) is 26.7. The zero-order valence-corrected chi connectivity index (χ0v) is 22.0. The van der Waals surface area contributed by atoms with Gasteiger partial charge in [0, 0.05) is 35.3 Å². The second-order valence-corrected chi connectivity index (χ2v) is 10.4. The lowest BCUT2D eigenvalue weighted by Gasteiger charge is -2.28. The number of nitrogens with one attached hydrogen (secondary N) is 3. The molecular weight excluding hydrogens is 563 g/mol. The highest BCUT2D eigenvalue weighted by Gasteiger charge is 2.41. The average molecular weight is 586 g/mol. The number of H-pyrrole nitrogens is 2. The smallest absolute Gasteiger partial charge is 0.346 e. The van der Waals surface area contributed by atoms with Crippen LogP contribution < -0.4 is 5.48 Å². The first-order valence-corrected chi connectivity index (χ1v) is 13.6. The number of halogens is 3. The van der Waals surface area contributed by atoms with Crippen molar-refractivity contribution in [2.24, 2.45) is 5.92 Å². The van der Waals surface area contributed by atoms with Gasteiger partial charge in [-0.2, -0.15) is 28.8 Å². The molecule has 0 aromatic carbocycles. The predicted octanol–water partition coefficient (Wildman–Crippen LogP) is 4.35. The number of aromatic amines is 2. The van der Waals surface area contributed by atoms with Crippen molar-refractivity contribution in [2.75, 3.05) is 11.2 Å². The van der Waals surface area contributed by atoms with Crippen molar-refractivity contribution in [1.82, 2.24) is 49.9 Å². The van der Waals surface area contributed by atoms with Crippen molar-refractivity contribution >= 4 is 34.7 Å². The standard InChI is InChI=1S/C24H22F3N11O2S/c25-24(26,27)22(39)40-37-23-29-8-17(19(35-23)21-32-12-33-36-21)41-10-13-1-3-15(4-2-13)38-9-14(7-34-38)18-16-5-6-28-20(16)31-11-30-18/h5-9,11-13,15H,1-4,10H2,(H,28,30,31)(H,29,35,37)(H,32,33,36). The van der Waals surface area contributed by atoms with E-state index in [2.05, 4.69) is 50.0 Å². The molecule has 5 aromatic heterocycles. The Kier molecular flexibility index (Phi) is 7.25. The van der Waals surface area contributed by atoms with Crippen LogP contribution in [-0.2, 0) is 9.63 Å². The van der Waals surface area contributed by atoms with Gasteiger partial charge in [-0.3, -0.25) is 9.78 Å². The summed E-state index contributed by atoms with van der Waals surface area (Å²) in [6, 6.07) is 2.24. The van der Waals surface area contributed by atoms with Gasteiger partial charge >= 0.3 is 12.1 Å². The molecule has 41 heavy (non-hydrogen) atoms. The van der Waals surface area contributed by atoms with Crippen LogP contribution in [-0.4, -0.2) is 67.8 Å². The molecule has 0 aliphatic heterocycles. The minimum absolute atomic E-state index is 0.284. The minimum atomic E-state index is -5.15. The Hall–Kier alpha value is -4.54. The van der Waals surface area contributed by atoms with Crippen LogP contribution in [0.25, 0.3) is 33.8 Å². The van der Waals surface area contributed by atoms with Crippen LogP contribution in [0.15, 0.2) is 48.4 Å². The highest BCUT2D eigenvalue weighted by molar-refractivity contribution is 7.99. The number of nitrogens with zero attached hydrogens (tertiary/aromatic N) is 8. The molecule has 0 spiro atoms. The van der Waals surface area contributed by atoms with Gasteiger partial charge in [-0.25, -0.2) is 29.7 Å². The van der Waals surface area contributed by atoms with Crippen molar-refractivity contribution in [3.05, 3.63) is 43.5 Å². The van der Waals surface area contributed by atoms with Gasteiger partial charge in [-0.05, 0) is 37.7 Å². The summed E-state index contributed by atoms with van der Waals surface area (Å²) in [5.41, 5.74) is 4.75. The third-order valence-corrected chi connectivity index (χ3v) is 8.00. The lowest BCUT2D eigenvalue weighted by molar-refractivity contribution is -0.196. The number of anilines is 1. The van der Waals surface area contributed by atoms with Crippen LogP contribution in [0.5, 0.6) is 0 Å². The van der Waals surface area contributed by atoms with E-state index in [-0.39, 0.29) is 12.0 Å². The van der Waals surface area contributed by atoms with Gasteiger partial charge in [0.25, 0.3) is 5.95 Å². The predicted molar refractivity (Wildman–Crippen MR) is 140 cm³/mol. The number of hydrogen-bond donors (Lipinski definition) is 3. The van der Waals surface area contributed by atoms with Crippen molar-refractivity contribution in [3.63, 3.8) is 0 Å². The monoisotopic (exact) mass is 585 g/mol. The van der Waals surface area contributed by atoms with E-state index in [0.29, 0.717) is 22.3 Å². The van der Waals surface area contributed by atoms with E-state index in [9.17, 15) is 18.0 Å². The fourth-order valence-electron chi connectivity index (χ4n) is 4.71. The molecule has 5 heterocycles.